The number of phenolic OH excluding ortho intramolecular Hbond substituents is 1. The molecule has 0 atom stereocenters. The van der Waals surface area contributed by atoms with E-state index in [1.807, 2.05) is 12.1 Å². The smallest absolute Gasteiger partial charge is 0.116 e. The van der Waals surface area contributed by atoms with E-state index in [2.05, 4.69) is 47.9 Å². The second-order valence-corrected chi connectivity index (χ2v) is 5.13. The van der Waals surface area contributed by atoms with E-state index >= 15 is 0 Å². The number of nitrogens with zero attached hydrogens (tertiary/aromatic N) is 1. The van der Waals surface area contributed by atoms with Crippen molar-refractivity contribution < 1.29 is 5.11 Å². The molecule has 0 aliphatic carbocycles. The zero-order chi connectivity index (χ0) is 13.7. The van der Waals surface area contributed by atoms with Gasteiger partial charge in [0, 0.05) is 28.2 Å². The molecule has 2 heteroatoms. The average molecular weight is 261 g/mol. The van der Waals surface area contributed by atoms with Crippen LogP contribution < -0.4 is 0 Å². The molecule has 0 fully saturated rings. The molecule has 1 aromatic heterocycles. The lowest BCUT2D eigenvalue weighted by Crippen LogP contribution is -1.93. The van der Waals surface area contributed by atoms with Crippen LogP contribution in [0.15, 0.2) is 54.6 Å². The summed E-state index contributed by atoms with van der Waals surface area (Å²) >= 11 is 0. The molecule has 1 N–H and O–H groups in total. The quantitative estimate of drug-likeness (QED) is 0.529. The van der Waals surface area contributed by atoms with Crippen LogP contribution in [0.1, 0.15) is 6.92 Å². The Balaban J connectivity index is 2.32. The third-order valence-corrected chi connectivity index (χ3v) is 4.05. The van der Waals surface area contributed by atoms with E-state index in [-0.39, 0.29) is 0 Å². The average Bonchev–Trinajstić information content (AvgIpc) is 2.81. The van der Waals surface area contributed by atoms with Crippen molar-refractivity contribution >= 4 is 32.6 Å². The fraction of sp³-hybridized carbons (Fsp3) is 0.111. The number of para-hydroxylation sites is 1. The Labute approximate surface area is 116 Å². The second-order valence-electron chi connectivity index (χ2n) is 5.13. The molecule has 0 spiro atoms. The van der Waals surface area contributed by atoms with Crippen LogP contribution in [0.3, 0.4) is 0 Å². The summed E-state index contributed by atoms with van der Waals surface area (Å²) in [6.45, 7) is 3.11. The summed E-state index contributed by atoms with van der Waals surface area (Å²) in [5.41, 5.74) is 2.52. The summed E-state index contributed by atoms with van der Waals surface area (Å²) in [7, 11) is 0. The van der Waals surface area contributed by atoms with Gasteiger partial charge in [0.1, 0.15) is 5.75 Å². The van der Waals surface area contributed by atoms with Crippen LogP contribution in [0.5, 0.6) is 5.75 Å². The zero-order valence-electron chi connectivity index (χ0n) is 11.3. The minimum absolute atomic E-state index is 0.316. The Morgan fingerprint density at radius 1 is 0.900 bits per heavy atom. The van der Waals surface area contributed by atoms with Crippen LogP contribution in [-0.4, -0.2) is 9.67 Å². The van der Waals surface area contributed by atoms with Crippen LogP contribution in [0.2, 0.25) is 0 Å². The molecule has 0 unspecified atom stereocenters. The number of fused-ring (bicyclic) bond motifs is 5. The van der Waals surface area contributed by atoms with E-state index < -0.39 is 0 Å². The van der Waals surface area contributed by atoms with Crippen molar-refractivity contribution in [2.24, 2.45) is 0 Å². The summed E-state index contributed by atoms with van der Waals surface area (Å²) in [6.07, 6.45) is 0. The summed E-state index contributed by atoms with van der Waals surface area (Å²) in [5, 5.41) is 14.5. The van der Waals surface area contributed by atoms with Gasteiger partial charge in [0.2, 0.25) is 0 Å². The number of aryl methyl sites for hydroxylation is 1. The van der Waals surface area contributed by atoms with Gasteiger partial charge in [-0.3, -0.25) is 0 Å². The Kier molecular flexibility index (Phi) is 2.27. The number of hydrogen-bond acceptors (Lipinski definition) is 1. The van der Waals surface area contributed by atoms with Gasteiger partial charge < -0.3 is 9.67 Å². The summed E-state index contributed by atoms with van der Waals surface area (Å²) < 4.78 is 2.35. The van der Waals surface area contributed by atoms with E-state index in [4.69, 9.17) is 0 Å². The number of aromatic hydroxyl groups is 1. The zero-order valence-corrected chi connectivity index (χ0v) is 11.3. The Morgan fingerprint density at radius 2 is 1.70 bits per heavy atom. The second kappa shape index (κ2) is 4.01. The van der Waals surface area contributed by atoms with E-state index in [0.29, 0.717) is 5.75 Å². The molecular formula is C18H15NO. The highest BCUT2D eigenvalue weighted by Gasteiger charge is 2.11. The van der Waals surface area contributed by atoms with Gasteiger partial charge in [-0.05, 0) is 36.6 Å². The van der Waals surface area contributed by atoms with Crippen LogP contribution in [-0.2, 0) is 6.54 Å². The number of benzene rings is 3. The van der Waals surface area contributed by atoms with Crippen molar-refractivity contribution in [2.45, 2.75) is 13.5 Å². The lowest BCUT2D eigenvalue weighted by atomic mass is 10.1. The lowest BCUT2D eigenvalue weighted by molar-refractivity contribution is 0.476. The summed E-state index contributed by atoms with van der Waals surface area (Å²) in [5.74, 6) is 0.316. The predicted octanol–water partition coefficient (Wildman–Crippen LogP) is 4.67. The van der Waals surface area contributed by atoms with Gasteiger partial charge in [0.15, 0.2) is 0 Å². The van der Waals surface area contributed by atoms with Gasteiger partial charge in [-0.1, -0.05) is 30.3 Å². The monoisotopic (exact) mass is 261 g/mol. The van der Waals surface area contributed by atoms with Crippen molar-refractivity contribution in [3.8, 4) is 5.75 Å². The lowest BCUT2D eigenvalue weighted by Gasteiger charge is -2.06. The molecular weight excluding hydrogens is 246 g/mol. The van der Waals surface area contributed by atoms with Crippen molar-refractivity contribution in [1.29, 1.82) is 0 Å². The van der Waals surface area contributed by atoms with E-state index in [9.17, 15) is 5.11 Å². The van der Waals surface area contributed by atoms with E-state index in [1.165, 1.54) is 27.2 Å². The fourth-order valence-corrected chi connectivity index (χ4v) is 3.19. The molecule has 0 amide bonds. The van der Waals surface area contributed by atoms with Gasteiger partial charge in [-0.25, -0.2) is 0 Å². The first-order valence-electron chi connectivity index (χ1n) is 6.92. The molecule has 0 saturated carbocycles. The molecule has 1 heterocycles. The molecule has 0 aliphatic heterocycles. The number of rotatable bonds is 1. The molecule has 3 aromatic carbocycles. The molecule has 4 aromatic rings. The molecule has 20 heavy (non-hydrogen) atoms. The highest BCUT2D eigenvalue weighted by atomic mass is 16.3. The maximum Gasteiger partial charge on any atom is 0.116 e. The minimum Gasteiger partial charge on any atom is -0.508 e. The molecule has 0 bridgehead atoms. The predicted molar refractivity (Wildman–Crippen MR) is 84.3 cm³/mol. The van der Waals surface area contributed by atoms with Gasteiger partial charge in [0.05, 0.1) is 5.52 Å². The topological polar surface area (TPSA) is 25.2 Å². The number of phenols is 1. The third kappa shape index (κ3) is 1.39. The summed E-state index contributed by atoms with van der Waals surface area (Å²) in [4.78, 5) is 0. The van der Waals surface area contributed by atoms with E-state index in [1.54, 1.807) is 6.07 Å². The Hall–Kier alpha value is -2.48. The normalized spacial score (nSPS) is 11.7. The Bertz CT molecular complexity index is 950. The molecule has 0 saturated heterocycles. The third-order valence-electron chi connectivity index (χ3n) is 4.05. The fourth-order valence-electron chi connectivity index (χ4n) is 3.19. The first kappa shape index (κ1) is 11.4. The van der Waals surface area contributed by atoms with Crippen LogP contribution in [0.25, 0.3) is 32.6 Å². The summed E-state index contributed by atoms with van der Waals surface area (Å²) in [6, 6.07) is 18.4. The van der Waals surface area contributed by atoms with Gasteiger partial charge >= 0.3 is 0 Å². The molecule has 98 valence electrons. The minimum atomic E-state index is 0.316. The number of hydrogen-bond donors (Lipinski definition) is 1. The molecule has 2 nitrogen and oxygen atoms in total. The van der Waals surface area contributed by atoms with Crippen molar-refractivity contribution in [2.75, 3.05) is 0 Å². The highest BCUT2D eigenvalue weighted by Crippen LogP contribution is 2.35. The SMILES string of the molecule is CCn1c2ccccc2c2ccc3cc(O)ccc3c21. The highest BCUT2D eigenvalue weighted by molar-refractivity contribution is 6.17. The molecule has 0 aliphatic rings. The first-order valence-corrected chi connectivity index (χ1v) is 6.92. The molecule has 0 radical (unpaired) electrons. The van der Waals surface area contributed by atoms with Gasteiger partial charge in [0.25, 0.3) is 0 Å². The standard InChI is InChI=1S/C18H15NO/c1-2-19-17-6-4-3-5-15(17)16-9-7-12-11-13(20)8-10-14(12)18(16)19/h3-11,20H,2H2,1H3. The van der Waals surface area contributed by atoms with E-state index in [0.717, 1.165) is 11.9 Å². The largest absolute Gasteiger partial charge is 0.508 e. The van der Waals surface area contributed by atoms with Gasteiger partial charge in [-0.15, -0.1) is 0 Å². The Morgan fingerprint density at radius 3 is 2.55 bits per heavy atom. The maximum absolute atomic E-state index is 9.66. The van der Waals surface area contributed by atoms with Crippen LogP contribution in [0.4, 0.5) is 0 Å². The van der Waals surface area contributed by atoms with Crippen molar-refractivity contribution in [3.05, 3.63) is 54.6 Å². The van der Waals surface area contributed by atoms with Crippen LogP contribution >= 0.6 is 0 Å². The van der Waals surface area contributed by atoms with Crippen molar-refractivity contribution in [3.63, 3.8) is 0 Å². The first-order chi connectivity index (χ1) is 9.79. The maximum atomic E-state index is 9.66. The van der Waals surface area contributed by atoms with Crippen molar-refractivity contribution in [1.82, 2.24) is 4.57 Å². The number of aromatic nitrogens is 1. The molecule has 4 rings (SSSR count). The van der Waals surface area contributed by atoms with Gasteiger partial charge in [-0.2, -0.15) is 0 Å². The van der Waals surface area contributed by atoms with Crippen LogP contribution in [0, 0.1) is 0 Å².